The van der Waals surface area contributed by atoms with Crippen molar-refractivity contribution >= 4 is 11.6 Å². The Morgan fingerprint density at radius 2 is 2.15 bits per heavy atom. The summed E-state index contributed by atoms with van der Waals surface area (Å²) in [5, 5.41) is 3.67. The Hall–Kier alpha value is -0.780. The molecule has 0 spiro atoms. The molecule has 1 N–H and O–H groups in total. The van der Waals surface area contributed by atoms with Crippen LogP contribution in [0.25, 0.3) is 0 Å². The zero-order chi connectivity index (χ0) is 14.8. The summed E-state index contributed by atoms with van der Waals surface area (Å²) in [4.78, 5) is 1.47. The van der Waals surface area contributed by atoms with Crippen molar-refractivity contribution in [3.63, 3.8) is 0 Å². The lowest BCUT2D eigenvalue weighted by Crippen LogP contribution is -2.42. The number of nitrogens with zero attached hydrogens (tertiary/aromatic N) is 1. The van der Waals surface area contributed by atoms with E-state index in [1.807, 2.05) is 19.1 Å². The summed E-state index contributed by atoms with van der Waals surface area (Å²) < 4.78 is 38.2. The predicted octanol–water partition coefficient (Wildman–Crippen LogP) is 3.37. The van der Waals surface area contributed by atoms with E-state index in [0.717, 1.165) is 24.1 Å². The van der Waals surface area contributed by atoms with Crippen molar-refractivity contribution in [2.24, 2.45) is 0 Å². The van der Waals surface area contributed by atoms with Crippen molar-refractivity contribution in [3.8, 4) is 0 Å². The van der Waals surface area contributed by atoms with E-state index in [1.54, 1.807) is 6.07 Å². The van der Waals surface area contributed by atoms with E-state index in [0.29, 0.717) is 11.6 Å². The normalized spacial score (nSPS) is 19.8. The number of nitrogens with one attached hydrogen (secondary N) is 1. The van der Waals surface area contributed by atoms with Crippen LogP contribution in [0.1, 0.15) is 17.5 Å². The van der Waals surface area contributed by atoms with Crippen LogP contribution in [0.3, 0.4) is 0 Å². The van der Waals surface area contributed by atoms with Gasteiger partial charge in [0.1, 0.15) is 0 Å². The van der Waals surface area contributed by atoms with Gasteiger partial charge in [0.2, 0.25) is 0 Å². The number of halogens is 4. The van der Waals surface area contributed by atoms with E-state index in [2.05, 4.69) is 5.32 Å². The molecule has 1 aliphatic rings. The third kappa shape index (κ3) is 4.11. The molecule has 1 fully saturated rings. The molecule has 1 saturated heterocycles. The Morgan fingerprint density at radius 1 is 1.40 bits per heavy atom. The van der Waals surface area contributed by atoms with Crippen LogP contribution in [0, 0.1) is 6.92 Å². The fraction of sp³-hybridized carbons (Fsp3) is 0.571. The van der Waals surface area contributed by atoms with E-state index >= 15 is 0 Å². The molecule has 1 atom stereocenters. The van der Waals surface area contributed by atoms with Gasteiger partial charge in [0, 0.05) is 24.2 Å². The number of hydrogen-bond acceptors (Lipinski definition) is 2. The molecule has 0 amide bonds. The van der Waals surface area contributed by atoms with Gasteiger partial charge in [0.05, 0.1) is 6.54 Å². The van der Waals surface area contributed by atoms with Gasteiger partial charge in [-0.2, -0.15) is 13.2 Å². The maximum atomic E-state index is 12.7. The molecule has 1 aliphatic heterocycles. The highest BCUT2D eigenvalue weighted by atomic mass is 35.5. The van der Waals surface area contributed by atoms with Crippen molar-refractivity contribution in [1.82, 2.24) is 10.2 Å². The summed E-state index contributed by atoms with van der Waals surface area (Å²) in [7, 11) is 0. The van der Waals surface area contributed by atoms with Gasteiger partial charge in [-0.05, 0) is 31.0 Å². The molecule has 2 rings (SSSR count). The molecule has 1 heterocycles. The topological polar surface area (TPSA) is 15.3 Å². The first-order valence-electron chi connectivity index (χ1n) is 6.62. The van der Waals surface area contributed by atoms with E-state index in [9.17, 15) is 13.2 Å². The Morgan fingerprint density at radius 3 is 2.75 bits per heavy atom. The van der Waals surface area contributed by atoms with Crippen LogP contribution in [-0.4, -0.2) is 36.8 Å². The first kappa shape index (κ1) is 15.6. The third-order valence-corrected chi connectivity index (χ3v) is 4.12. The van der Waals surface area contributed by atoms with Gasteiger partial charge >= 0.3 is 6.18 Å². The molecule has 0 aromatic heterocycles. The monoisotopic (exact) mass is 306 g/mol. The van der Waals surface area contributed by atoms with Crippen LogP contribution in [0.4, 0.5) is 13.2 Å². The quantitative estimate of drug-likeness (QED) is 0.917. The van der Waals surface area contributed by atoms with Crippen molar-refractivity contribution in [2.45, 2.75) is 32.1 Å². The van der Waals surface area contributed by atoms with Crippen LogP contribution in [0.5, 0.6) is 0 Å². The van der Waals surface area contributed by atoms with E-state index in [-0.39, 0.29) is 12.6 Å². The Labute approximate surface area is 121 Å². The molecule has 0 aliphatic carbocycles. The largest absolute Gasteiger partial charge is 0.401 e. The summed E-state index contributed by atoms with van der Waals surface area (Å²) in [6.07, 6.45) is -3.46. The maximum Gasteiger partial charge on any atom is 0.401 e. The summed E-state index contributed by atoms with van der Waals surface area (Å²) in [6.45, 7) is 2.55. The molecule has 0 bridgehead atoms. The van der Waals surface area contributed by atoms with Gasteiger partial charge in [-0.15, -0.1) is 0 Å². The smallest absolute Gasteiger partial charge is 0.315 e. The molecule has 1 aromatic rings. The maximum absolute atomic E-state index is 12.7. The molecular weight excluding hydrogens is 289 g/mol. The van der Waals surface area contributed by atoms with Gasteiger partial charge < -0.3 is 5.32 Å². The number of alkyl halides is 3. The minimum absolute atomic E-state index is 0.0896. The molecule has 2 nitrogen and oxygen atoms in total. The second-order valence-electron chi connectivity index (χ2n) is 5.21. The van der Waals surface area contributed by atoms with Crippen LogP contribution >= 0.6 is 11.6 Å². The van der Waals surface area contributed by atoms with Gasteiger partial charge in [-0.1, -0.05) is 29.8 Å². The van der Waals surface area contributed by atoms with Crippen molar-refractivity contribution in [3.05, 3.63) is 34.3 Å². The van der Waals surface area contributed by atoms with Gasteiger partial charge in [0.25, 0.3) is 0 Å². The molecule has 0 unspecified atom stereocenters. The van der Waals surface area contributed by atoms with E-state index < -0.39 is 12.7 Å². The van der Waals surface area contributed by atoms with Crippen molar-refractivity contribution in [2.75, 3.05) is 19.6 Å². The van der Waals surface area contributed by atoms with Crippen LogP contribution in [0.15, 0.2) is 18.2 Å². The fourth-order valence-corrected chi connectivity index (χ4v) is 2.73. The van der Waals surface area contributed by atoms with Gasteiger partial charge in [-0.3, -0.25) is 4.90 Å². The zero-order valence-electron chi connectivity index (χ0n) is 11.3. The van der Waals surface area contributed by atoms with E-state index in [1.165, 1.54) is 4.90 Å². The zero-order valence-corrected chi connectivity index (χ0v) is 12.1. The van der Waals surface area contributed by atoms with E-state index in [4.69, 9.17) is 11.6 Å². The molecule has 20 heavy (non-hydrogen) atoms. The summed E-state index contributed by atoms with van der Waals surface area (Å²) in [6, 6.07) is 5.39. The minimum Gasteiger partial charge on any atom is -0.315 e. The lowest BCUT2D eigenvalue weighted by Gasteiger charge is -2.29. The lowest BCUT2D eigenvalue weighted by molar-refractivity contribution is -0.151. The van der Waals surface area contributed by atoms with Crippen LogP contribution in [0.2, 0.25) is 5.02 Å². The highest BCUT2D eigenvalue weighted by Gasteiger charge is 2.35. The Bertz CT molecular complexity index is 456. The van der Waals surface area contributed by atoms with Crippen LogP contribution in [-0.2, 0) is 6.54 Å². The number of hydrogen-bond donors (Lipinski definition) is 1. The highest BCUT2D eigenvalue weighted by molar-refractivity contribution is 6.32. The molecular formula is C14H18ClF3N2. The number of benzene rings is 1. The van der Waals surface area contributed by atoms with Gasteiger partial charge in [-0.25, -0.2) is 0 Å². The number of rotatable bonds is 4. The number of aryl methyl sites for hydroxylation is 1. The summed E-state index contributed by atoms with van der Waals surface area (Å²) in [5.74, 6) is 0. The first-order valence-corrected chi connectivity index (χ1v) is 7.00. The van der Waals surface area contributed by atoms with Crippen molar-refractivity contribution < 1.29 is 13.2 Å². The second-order valence-corrected chi connectivity index (χ2v) is 5.59. The first-order chi connectivity index (χ1) is 9.37. The van der Waals surface area contributed by atoms with Crippen molar-refractivity contribution in [1.29, 1.82) is 0 Å². The Balaban J connectivity index is 2.16. The third-order valence-electron chi connectivity index (χ3n) is 3.58. The summed E-state index contributed by atoms with van der Waals surface area (Å²) >= 11 is 6.19. The average molecular weight is 307 g/mol. The van der Waals surface area contributed by atoms with Crippen LogP contribution < -0.4 is 5.32 Å². The highest BCUT2D eigenvalue weighted by Crippen LogP contribution is 2.26. The SMILES string of the molecule is Cc1cccc(CN(CC(F)(F)F)[C@H]2CCNC2)c1Cl. The lowest BCUT2D eigenvalue weighted by atomic mass is 10.1. The van der Waals surface area contributed by atoms with Gasteiger partial charge in [0.15, 0.2) is 0 Å². The second kappa shape index (κ2) is 6.33. The molecule has 0 saturated carbocycles. The molecule has 1 aromatic carbocycles. The standard InChI is InChI=1S/C14H18ClF3N2/c1-10-3-2-4-11(13(10)15)8-20(9-14(16,17)18)12-5-6-19-7-12/h2-4,12,19H,5-9H2,1H3/t12-/m0/s1. The molecule has 112 valence electrons. The minimum atomic E-state index is -4.20. The fourth-order valence-electron chi connectivity index (χ4n) is 2.54. The Kier molecular flexibility index (Phi) is 4.94. The molecule has 6 heteroatoms. The molecule has 0 radical (unpaired) electrons. The summed E-state index contributed by atoms with van der Waals surface area (Å²) in [5.41, 5.74) is 1.64. The predicted molar refractivity (Wildman–Crippen MR) is 73.9 cm³/mol. The average Bonchev–Trinajstić information content (AvgIpc) is 2.86.